The molecule has 31 heavy (non-hydrogen) atoms. The van der Waals surface area contributed by atoms with E-state index in [4.69, 9.17) is 0 Å². The minimum Gasteiger partial charge on any atom is -0.344 e. The van der Waals surface area contributed by atoms with Crippen LogP contribution in [0.15, 0.2) is 78.9 Å². The largest absolute Gasteiger partial charge is 0.344 e. The van der Waals surface area contributed by atoms with Crippen molar-refractivity contribution in [2.45, 2.75) is 25.1 Å². The third-order valence-corrected chi connectivity index (χ3v) is 5.93. The van der Waals surface area contributed by atoms with Gasteiger partial charge in [-0.3, -0.25) is 9.59 Å². The minimum absolute atomic E-state index is 0.161. The summed E-state index contributed by atoms with van der Waals surface area (Å²) in [5.41, 5.74) is 3.53. The number of halogens is 1. The lowest BCUT2D eigenvalue weighted by molar-refractivity contribution is -0.120. The number of hydrogen-bond donors (Lipinski definition) is 2. The summed E-state index contributed by atoms with van der Waals surface area (Å²) in [5, 5.41) is 5.43. The zero-order chi connectivity index (χ0) is 22.2. The van der Waals surface area contributed by atoms with E-state index in [1.54, 1.807) is 19.1 Å². The van der Waals surface area contributed by atoms with Crippen molar-refractivity contribution in [3.8, 4) is 0 Å². The zero-order valence-electron chi connectivity index (χ0n) is 17.5. The van der Waals surface area contributed by atoms with Gasteiger partial charge in [-0.25, -0.2) is 4.39 Å². The Morgan fingerprint density at radius 1 is 0.903 bits per heavy atom. The quantitative estimate of drug-likeness (QED) is 0.517. The highest BCUT2D eigenvalue weighted by molar-refractivity contribution is 8.01. The van der Waals surface area contributed by atoms with Crippen LogP contribution in [0.3, 0.4) is 0 Å². The molecule has 0 bridgehead atoms. The van der Waals surface area contributed by atoms with E-state index in [1.807, 2.05) is 61.5 Å². The lowest BCUT2D eigenvalue weighted by atomic mass is 9.98. The molecule has 6 heteroatoms. The van der Waals surface area contributed by atoms with Crippen LogP contribution in [-0.2, 0) is 9.59 Å². The maximum atomic E-state index is 13.4. The van der Waals surface area contributed by atoms with Gasteiger partial charge in [0.25, 0.3) is 0 Å². The van der Waals surface area contributed by atoms with Gasteiger partial charge in [0.1, 0.15) is 5.82 Å². The molecule has 160 valence electrons. The predicted octanol–water partition coefficient (Wildman–Crippen LogP) is 5.10. The summed E-state index contributed by atoms with van der Waals surface area (Å²) in [4.78, 5) is 25.1. The Labute approximate surface area is 186 Å². The van der Waals surface area contributed by atoms with Crippen LogP contribution in [0.1, 0.15) is 29.7 Å². The number of hydrogen-bond acceptors (Lipinski definition) is 3. The zero-order valence-corrected chi connectivity index (χ0v) is 18.3. The number of thioether (sulfide) groups is 1. The standard InChI is InChI=1S/C25H25FN2O2S/c1-17-8-14-22(15-9-17)27-23(29)16-31-18(2)25(30)28-24(19-6-4-3-5-7-19)20-10-12-21(26)13-11-20/h3-15,18,24H,16H2,1-2H3,(H,27,29)(H,28,30). The lowest BCUT2D eigenvalue weighted by Crippen LogP contribution is -2.35. The topological polar surface area (TPSA) is 58.2 Å². The SMILES string of the molecule is Cc1ccc(NC(=O)CSC(C)C(=O)NC(c2ccccc2)c2ccc(F)cc2)cc1. The highest BCUT2D eigenvalue weighted by Gasteiger charge is 2.21. The number of amides is 2. The Morgan fingerprint density at radius 2 is 1.52 bits per heavy atom. The molecule has 0 fully saturated rings. The molecule has 2 N–H and O–H groups in total. The number of nitrogens with one attached hydrogen (secondary N) is 2. The van der Waals surface area contributed by atoms with Gasteiger partial charge in [-0.2, -0.15) is 0 Å². The van der Waals surface area contributed by atoms with Crippen molar-refractivity contribution >= 4 is 29.3 Å². The van der Waals surface area contributed by atoms with Gasteiger partial charge < -0.3 is 10.6 Å². The van der Waals surface area contributed by atoms with Gasteiger partial charge in [0, 0.05) is 5.69 Å². The van der Waals surface area contributed by atoms with Gasteiger partial charge >= 0.3 is 0 Å². The molecule has 0 radical (unpaired) electrons. The van der Waals surface area contributed by atoms with Crippen LogP contribution in [0.4, 0.5) is 10.1 Å². The Bertz CT molecular complexity index is 1010. The molecular formula is C25H25FN2O2S. The summed E-state index contributed by atoms with van der Waals surface area (Å²) in [6, 6.07) is 22.8. The molecule has 0 saturated heterocycles. The van der Waals surface area contributed by atoms with Crippen molar-refractivity contribution in [2.24, 2.45) is 0 Å². The van der Waals surface area contributed by atoms with Crippen molar-refractivity contribution in [3.63, 3.8) is 0 Å². The smallest absolute Gasteiger partial charge is 0.234 e. The molecule has 2 unspecified atom stereocenters. The predicted molar refractivity (Wildman–Crippen MR) is 125 cm³/mol. The van der Waals surface area contributed by atoms with Crippen molar-refractivity contribution < 1.29 is 14.0 Å². The molecule has 0 aliphatic rings. The molecule has 0 heterocycles. The van der Waals surface area contributed by atoms with Crippen molar-refractivity contribution in [1.82, 2.24) is 5.32 Å². The molecule has 0 aliphatic carbocycles. The molecule has 3 aromatic rings. The van der Waals surface area contributed by atoms with E-state index >= 15 is 0 Å². The molecule has 3 rings (SSSR count). The maximum Gasteiger partial charge on any atom is 0.234 e. The second-order valence-electron chi connectivity index (χ2n) is 7.27. The molecule has 3 aromatic carbocycles. The Morgan fingerprint density at radius 3 is 2.16 bits per heavy atom. The number of anilines is 1. The van der Waals surface area contributed by atoms with E-state index < -0.39 is 11.3 Å². The van der Waals surface area contributed by atoms with Gasteiger partial charge in [-0.05, 0) is 49.2 Å². The van der Waals surface area contributed by atoms with Gasteiger partial charge in [-0.1, -0.05) is 60.2 Å². The molecule has 0 aliphatic heterocycles. The summed E-state index contributed by atoms with van der Waals surface area (Å²) >= 11 is 1.27. The van der Waals surface area contributed by atoms with Gasteiger partial charge in [-0.15, -0.1) is 11.8 Å². The first kappa shape index (κ1) is 22.6. The second kappa shape index (κ2) is 10.8. The van der Waals surface area contributed by atoms with Crippen LogP contribution in [0.25, 0.3) is 0 Å². The first-order valence-electron chi connectivity index (χ1n) is 10.0. The molecule has 0 aromatic heterocycles. The lowest BCUT2D eigenvalue weighted by Gasteiger charge is -2.22. The van der Waals surface area contributed by atoms with Crippen molar-refractivity contribution in [2.75, 3.05) is 11.1 Å². The van der Waals surface area contributed by atoms with Gasteiger partial charge in [0.2, 0.25) is 11.8 Å². The summed E-state index contributed by atoms with van der Waals surface area (Å²) in [7, 11) is 0. The number of carbonyl (C=O) groups excluding carboxylic acids is 2. The van der Waals surface area contributed by atoms with E-state index in [2.05, 4.69) is 10.6 Å². The fourth-order valence-corrected chi connectivity index (χ4v) is 3.72. The van der Waals surface area contributed by atoms with Crippen LogP contribution in [0.5, 0.6) is 0 Å². The van der Waals surface area contributed by atoms with Crippen LogP contribution < -0.4 is 10.6 Å². The summed E-state index contributed by atoms with van der Waals surface area (Å²) in [6.07, 6.45) is 0. The van der Waals surface area contributed by atoms with E-state index in [0.717, 1.165) is 22.4 Å². The molecule has 2 atom stereocenters. The van der Waals surface area contributed by atoms with Crippen LogP contribution in [0, 0.1) is 12.7 Å². The van der Waals surface area contributed by atoms with E-state index in [1.165, 1.54) is 23.9 Å². The average Bonchev–Trinajstić information content (AvgIpc) is 2.78. The summed E-state index contributed by atoms with van der Waals surface area (Å²) in [6.45, 7) is 3.75. The normalized spacial score (nSPS) is 12.6. The number of carbonyl (C=O) groups is 2. The summed E-state index contributed by atoms with van der Waals surface area (Å²) < 4.78 is 13.4. The van der Waals surface area contributed by atoms with Crippen LogP contribution in [-0.4, -0.2) is 22.8 Å². The molecular weight excluding hydrogens is 411 g/mol. The fraction of sp³-hybridized carbons (Fsp3) is 0.200. The number of aryl methyl sites for hydroxylation is 1. The van der Waals surface area contributed by atoms with Crippen LogP contribution >= 0.6 is 11.8 Å². The average molecular weight is 437 g/mol. The van der Waals surface area contributed by atoms with E-state index in [9.17, 15) is 14.0 Å². The van der Waals surface area contributed by atoms with Crippen LogP contribution in [0.2, 0.25) is 0 Å². The number of rotatable bonds is 8. The Balaban J connectivity index is 1.60. The third kappa shape index (κ3) is 6.69. The minimum atomic E-state index is -0.435. The number of benzene rings is 3. The molecule has 4 nitrogen and oxygen atoms in total. The molecule has 2 amide bonds. The second-order valence-corrected chi connectivity index (χ2v) is 8.60. The molecule has 0 saturated carbocycles. The first-order valence-corrected chi connectivity index (χ1v) is 11.1. The van der Waals surface area contributed by atoms with Crippen molar-refractivity contribution in [1.29, 1.82) is 0 Å². The van der Waals surface area contributed by atoms with Gasteiger partial charge in [0.05, 0.1) is 17.0 Å². The van der Waals surface area contributed by atoms with Crippen molar-refractivity contribution in [3.05, 3.63) is 101 Å². The third-order valence-electron chi connectivity index (χ3n) is 4.79. The monoisotopic (exact) mass is 436 g/mol. The molecule has 0 spiro atoms. The maximum absolute atomic E-state index is 13.4. The fourth-order valence-electron chi connectivity index (χ4n) is 3.03. The highest BCUT2D eigenvalue weighted by atomic mass is 32.2. The van der Waals surface area contributed by atoms with E-state index in [0.29, 0.717) is 0 Å². The van der Waals surface area contributed by atoms with Gasteiger partial charge in [0.15, 0.2) is 0 Å². The van der Waals surface area contributed by atoms with E-state index in [-0.39, 0.29) is 23.4 Å². The Hall–Kier alpha value is -3.12. The highest BCUT2D eigenvalue weighted by Crippen LogP contribution is 2.23. The first-order chi connectivity index (χ1) is 14.9. The Kier molecular flexibility index (Phi) is 7.84. The summed E-state index contributed by atoms with van der Waals surface area (Å²) in [5.74, 6) is -0.516.